The first-order valence-electron chi connectivity index (χ1n) is 9.11. The highest BCUT2D eigenvalue weighted by atomic mass is 19.1. The summed E-state index contributed by atoms with van der Waals surface area (Å²) in [6, 6.07) is 11.2. The number of nitrogens with one attached hydrogen (secondary N) is 2. The van der Waals surface area contributed by atoms with Crippen LogP contribution in [0.4, 0.5) is 15.9 Å². The normalized spacial score (nSPS) is 13.9. The first-order valence-corrected chi connectivity index (χ1v) is 9.11. The molecule has 29 heavy (non-hydrogen) atoms. The van der Waals surface area contributed by atoms with Crippen molar-refractivity contribution in [3.63, 3.8) is 0 Å². The van der Waals surface area contributed by atoms with Gasteiger partial charge in [-0.2, -0.15) is 0 Å². The minimum absolute atomic E-state index is 0.0579. The zero-order valence-corrected chi connectivity index (χ0v) is 15.7. The van der Waals surface area contributed by atoms with Gasteiger partial charge in [-0.1, -0.05) is 6.07 Å². The summed E-state index contributed by atoms with van der Waals surface area (Å²) in [5.74, 6) is -0.508. The van der Waals surface area contributed by atoms with Crippen molar-refractivity contribution in [2.45, 2.75) is 6.92 Å². The third-order valence-electron chi connectivity index (χ3n) is 4.56. The number of amides is 2. The Kier molecular flexibility index (Phi) is 4.94. The molecule has 0 bridgehead atoms. The van der Waals surface area contributed by atoms with Crippen LogP contribution >= 0.6 is 0 Å². The van der Waals surface area contributed by atoms with Crippen LogP contribution in [0.5, 0.6) is 0 Å². The third-order valence-corrected chi connectivity index (χ3v) is 4.56. The lowest BCUT2D eigenvalue weighted by atomic mass is 10.2. The molecule has 4 rings (SSSR count). The molecule has 0 spiro atoms. The van der Waals surface area contributed by atoms with E-state index in [1.165, 1.54) is 18.3 Å². The number of carbonyl (C=O) groups excluding carboxylic acids is 2. The molecule has 1 aromatic carbocycles. The van der Waals surface area contributed by atoms with E-state index >= 15 is 0 Å². The molecule has 1 saturated heterocycles. The van der Waals surface area contributed by atoms with Crippen molar-refractivity contribution in [3.05, 3.63) is 65.9 Å². The van der Waals surface area contributed by atoms with E-state index in [-0.39, 0.29) is 24.0 Å². The van der Waals surface area contributed by atoms with Gasteiger partial charge >= 0.3 is 0 Å². The number of benzene rings is 1. The summed E-state index contributed by atoms with van der Waals surface area (Å²) in [4.78, 5) is 30.3. The minimum Gasteiger partial charge on any atom is -0.360 e. The Labute approximate surface area is 166 Å². The molecule has 9 heteroatoms. The Balaban J connectivity index is 1.52. The van der Waals surface area contributed by atoms with Gasteiger partial charge < -0.3 is 15.5 Å². The molecule has 3 aromatic rings. The molecule has 8 nitrogen and oxygen atoms in total. The van der Waals surface area contributed by atoms with Gasteiger partial charge in [-0.25, -0.2) is 9.07 Å². The molecule has 0 aliphatic carbocycles. The molecule has 2 N–H and O–H groups in total. The van der Waals surface area contributed by atoms with Crippen LogP contribution < -0.4 is 15.5 Å². The van der Waals surface area contributed by atoms with Crippen molar-refractivity contribution in [1.29, 1.82) is 0 Å². The molecule has 0 radical (unpaired) electrons. The fourth-order valence-electron chi connectivity index (χ4n) is 3.18. The highest BCUT2D eigenvalue weighted by Gasteiger charge is 2.18. The van der Waals surface area contributed by atoms with Gasteiger partial charge in [-0.05, 0) is 37.3 Å². The molecule has 0 atom stereocenters. The number of anilines is 2. The number of piperazine rings is 1. The van der Waals surface area contributed by atoms with Crippen LogP contribution in [0.3, 0.4) is 0 Å². The molecule has 1 aliphatic heterocycles. The van der Waals surface area contributed by atoms with Crippen molar-refractivity contribution < 1.29 is 14.0 Å². The highest BCUT2D eigenvalue weighted by molar-refractivity contribution is 6.03. The lowest BCUT2D eigenvalue weighted by Crippen LogP contribution is -2.47. The summed E-state index contributed by atoms with van der Waals surface area (Å²) in [6.07, 6.45) is 1.54. The molecular weight excluding hydrogens is 375 g/mol. The number of carbonyl (C=O) groups is 2. The summed E-state index contributed by atoms with van der Waals surface area (Å²) in [5.41, 5.74) is 2.27. The maximum Gasteiger partial charge on any atom is 0.275 e. The van der Waals surface area contributed by atoms with Crippen LogP contribution in [0, 0.1) is 12.7 Å². The number of aryl methyl sites for hydroxylation is 1. The molecular formula is C20H19FN6O2. The van der Waals surface area contributed by atoms with E-state index in [9.17, 15) is 14.0 Å². The van der Waals surface area contributed by atoms with Crippen molar-refractivity contribution >= 4 is 23.3 Å². The van der Waals surface area contributed by atoms with Crippen LogP contribution in [0.1, 0.15) is 16.2 Å². The van der Waals surface area contributed by atoms with Crippen LogP contribution in [0.25, 0.3) is 5.69 Å². The first-order chi connectivity index (χ1) is 14.0. The number of hydrogen-bond acceptors (Lipinski definition) is 5. The molecule has 3 heterocycles. The Morgan fingerprint density at radius 1 is 1.21 bits per heavy atom. The fourth-order valence-corrected chi connectivity index (χ4v) is 3.18. The van der Waals surface area contributed by atoms with Gasteiger partial charge in [0, 0.05) is 36.7 Å². The average molecular weight is 394 g/mol. The second-order valence-electron chi connectivity index (χ2n) is 6.69. The smallest absolute Gasteiger partial charge is 0.275 e. The lowest BCUT2D eigenvalue weighted by Gasteiger charge is -2.28. The Hall–Kier alpha value is -3.75. The van der Waals surface area contributed by atoms with Gasteiger partial charge in [-0.15, -0.1) is 5.10 Å². The van der Waals surface area contributed by atoms with Gasteiger partial charge in [0.05, 0.1) is 12.2 Å². The van der Waals surface area contributed by atoms with Crippen LogP contribution in [0.15, 0.2) is 48.7 Å². The summed E-state index contributed by atoms with van der Waals surface area (Å²) in [5, 5.41) is 9.82. The van der Waals surface area contributed by atoms with E-state index in [0.29, 0.717) is 24.6 Å². The van der Waals surface area contributed by atoms with Gasteiger partial charge in [0.15, 0.2) is 5.82 Å². The van der Waals surface area contributed by atoms with Crippen molar-refractivity contribution in [2.24, 2.45) is 0 Å². The van der Waals surface area contributed by atoms with Gasteiger partial charge in [-0.3, -0.25) is 14.6 Å². The zero-order valence-electron chi connectivity index (χ0n) is 15.7. The third kappa shape index (κ3) is 4.08. The zero-order chi connectivity index (χ0) is 20.4. The maximum atomic E-state index is 13.5. The summed E-state index contributed by atoms with van der Waals surface area (Å²) < 4.78 is 15.0. The van der Waals surface area contributed by atoms with E-state index in [1.807, 2.05) is 11.8 Å². The molecule has 2 aromatic heterocycles. The molecule has 148 valence electrons. The van der Waals surface area contributed by atoms with E-state index in [4.69, 9.17) is 0 Å². The number of hydrogen-bond donors (Lipinski definition) is 2. The minimum atomic E-state index is -0.419. The Bertz CT molecular complexity index is 1080. The highest BCUT2D eigenvalue weighted by Crippen LogP contribution is 2.18. The molecule has 1 aliphatic rings. The molecule has 0 unspecified atom stereocenters. The molecule has 1 fully saturated rings. The Morgan fingerprint density at radius 3 is 2.86 bits per heavy atom. The quantitative estimate of drug-likeness (QED) is 0.705. The Morgan fingerprint density at radius 2 is 2.07 bits per heavy atom. The summed E-state index contributed by atoms with van der Waals surface area (Å²) in [6.45, 7) is 3.27. The van der Waals surface area contributed by atoms with Crippen LogP contribution in [-0.4, -0.2) is 46.2 Å². The number of rotatable bonds is 4. The van der Waals surface area contributed by atoms with E-state index in [1.54, 1.807) is 35.0 Å². The standard InChI is InChI=1S/C20H19FN6O2/c1-13-9-18(25-27(13)16-4-2-3-14(21)10-16)24-20(29)17-11-15(5-6-22-17)26-8-7-23-19(28)12-26/h2-6,9-11H,7-8,12H2,1H3,(H,23,28)(H,24,25,29). The van der Waals surface area contributed by atoms with Crippen LogP contribution in [-0.2, 0) is 4.79 Å². The van der Waals surface area contributed by atoms with E-state index in [0.717, 1.165) is 11.4 Å². The summed E-state index contributed by atoms with van der Waals surface area (Å²) in [7, 11) is 0. The topological polar surface area (TPSA) is 92.2 Å². The molecule has 2 amide bonds. The van der Waals surface area contributed by atoms with Crippen molar-refractivity contribution in [2.75, 3.05) is 29.9 Å². The lowest BCUT2D eigenvalue weighted by molar-refractivity contribution is -0.120. The average Bonchev–Trinajstić information content (AvgIpc) is 3.08. The maximum absolute atomic E-state index is 13.5. The summed E-state index contributed by atoms with van der Waals surface area (Å²) >= 11 is 0. The van der Waals surface area contributed by atoms with Crippen molar-refractivity contribution in [1.82, 2.24) is 20.1 Å². The van der Waals surface area contributed by atoms with E-state index < -0.39 is 5.91 Å². The number of nitrogens with zero attached hydrogens (tertiary/aromatic N) is 4. The number of pyridine rings is 1. The predicted molar refractivity (Wildman–Crippen MR) is 106 cm³/mol. The monoisotopic (exact) mass is 394 g/mol. The van der Waals surface area contributed by atoms with E-state index in [2.05, 4.69) is 20.7 Å². The van der Waals surface area contributed by atoms with Gasteiger partial charge in [0.2, 0.25) is 5.91 Å². The largest absolute Gasteiger partial charge is 0.360 e. The number of aromatic nitrogens is 3. The van der Waals surface area contributed by atoms with Crippen molar-refractivity contribution in [3.8, 4) is 5.69 Å². The van der Waals surface area contributed by atoms with Crippen LogP contribution in [0.2, 0.25) is 0 Å². The SMILES string of the molecule is Cc1cc(NC(=O)c2cc(N3CCNC(=O)C3)ccn2)nn1-c1cccc(F)c1. The second-order valence-corrected chi connectivity index (χ2v) is 6.69. The molecule has 0 saturated carbocycles. The second kappa shape index (κ2) is 7.70. The predicted octanol–water partition coefficient (Wildman–Crippen LogP) is 1.90. The first kappa shape index (κ1) is 18.6. The van der Waals surface area contributed by atoms with Gasteiger partial charge in [0.1, 0.15) is 11.5 Å². The fraction of sp³-hybridized carbons (Fsp3) is 0.200. The number of halogens is 1. The van der Waals surface area contributed by atoms with Gasteiger partial charge in [0.25, 0.3) is 5.91 Å².